The number of aromatic nitrogens is 4. The van der Waals surface area contributed by atoms with Crippen LogP contribution in [-0.2, 0) is 39.1 Å². The van der Waals surface area contributed by atoms with Gasteiger partial charge in [0.15, 0.2) is 10.8 Å². The van der Waals surface area contributed by atoms with Crippen molar-refractivity contribution in [1.29, 1.82) is 0 Å². The molecule has 2 atom stereocenters. The number of esters is 1. The zero-order chi connectivity index (χ0) is 55.0. The van der Waals surface area contributed by atoms with Crippen molar-refractivity contribution in [1.82, 2.24) is 34.9 Å². The van der Waals surface area contributed by atoms with E-state index in [1.165, 1.54) is 21.1 Å². The molecule has 78 heavy (non-hydrogen) atoms. The van der Waals surface area contributed by atoms with Gasteiger partial charge in [0.05, 0.1) is 40.5 Å². The van der Waals surface area contributed by atoms with Crippen molar-refractivity contribution in [3.63, 3.8) is 0 Å². The van der Waals surface area contributed by atoms with Gasteiger partial charge in [0.25, 0.3) is 5.91 Å². The number of benzene rings is 4. The van der Waals surface area contributed by atoms with Crippen molar-refractivity contribution in [3.8, 4) is 16.9 Å². The number of aryl methyl sites for hydroxylation is 1. The van der Waals surface area contributed by atoms with Crippen LogP contribution in [0, 0.1) is 6.92 Å². The summed E-state index contributed by atoms with van der Waals surface area (Å²) in [5.74, 6) is -1.67. The highest BCUT2D eigenvalue weighted by Crippen LogP contribution is 2.37. The summed E-state index contributed by atoms with van der Waals surface area (Å²) < 4.78 is 58.7. The molecular weight excluding hydrogens is 1030 g/mol. The topological polar surface area (TPSA) is 193 Å². The van der Waals surface area contributed by atoms with E-state index >= 15 is 0 Å². The molecule has 0 aliphatic carbocycles. The van der Waals surface area contributed by atoms with E-state index in [9.17, 15) is 37.1 Å². The maximum atomic E-state index is 14.7. The van der Waals surface area contributed by atoms with Crippen LogP contribution in [0.2, 0.25) is 0 Å². The van der Waals surface area contributed by atoms with Crippen molar-refractivity contribution in [2.75, 3.05) is 61.4 Å². The number of hydrogen-bond acceptors (Lipinski definition) is 14. The van der Waals surface area contributed by atoms with E-state index in [0.717, 1.165) is 21.3 Å². The number of ether oxygens (including phenoxy) is 2. The van der Waals surface area contributed by atoms with Crippen LogP contribution < -0.4 is 25.6 Å². The predicted molar refractivity (Wildman–Crippen MR) is 291 cm³/mol. The van der Waals surface area contributed by atoms with Crippen LogP contribution in [0.4, 0.5) is 29.8 Å². The number of thiazole rings is 1. The minimum Gasteiger partial charge on any atom is -0.493 e. The summed E-state index contributed by atoms with van der Waals surface area (Å²) >= 11 is 1.41. The lowest BCUT2D eigenvalue weighted by molar-refractivity contribution is -0.197. The van der Waals surface area contributed by atoms with E-state index in [0.29, 0.717) is 87.2 Å². The Kier molecular flexibility index (Phi) is 15.1. The second-order valence-electron chi connectivity index (χ2n) is 20.9. The van der Waals surface area contributed by atoms with E-state index in [4.69, 9.17) is 14.5 Å². The molecule has 3 aromatic heterocycles. The molecule has 3 N–H and O–H groups in total. The summed E-state index contributed by atoms with van der Waals surface area (Å²) in [5, 5.41) is 13.9. The highest BCUT2D eigenvalue weighted by Gasteiger charge is 2.46. The third-order valence-corrected chi connectivity index (χ3v) is 15.3. The number of halogens is 3. The molecule has 2 fully saturated rings. The molecule has 0 spiro atoms. The number of carbonyl (C=O) groups excluding carboxylic acids is 5. The second kappa shape index (κ2) is 21.9. The highest BCUT2D eigenvalue weighted by atomic mass is 32.1. The van der Waals surface area contributed by atoms with Crippen LogP contribution >= 0.6 is 11.3 Å². The molecule has 10 rings (SSSR count). The lowest BCUT2D eigenvalue weighted by Crippen LogP contribution is -2.60. The molecule has 6 heterocycles. The molecular formula is C57H59F3N10O7S. The zero-order valence-electron chi connectivity index (χ0n) is 43.8. The summed E-state index contributed by atoms with van der Waals surface area (Å²) in [4.78, 5) is 79.8. The summed E-state index contributed by atoms with van der Waals surface area (Å²) in [5.41, 5.74) is 5.96. The van der Waals surface area contributed by atoms with Crippen LogP contribution in [0.15, 0.2) is 91.0 Å². The number of hydrogen-bond donors (Lipinski definition) is 3. The zero-order valence-corrected chi connectivity index (χ0v) is 44.6. The van der Waals surface area contributed by atoms with Gasteiger partial charge < -0.3 is 19.7 Å². The van der Waals surface area contributed by atoms with Crippen LogP contribution in [0.5, 0.6) is 5.75 Å². The maximum absolute atomic E-state index is 14.7. The average Bonchev–Trinajstić information content (AvgIpc) is 4.03. The highest BCUT2D eigenvalue weighted by molar-refractivity contribution is 7.22. The molecule has 3 aliphatic heterocycles. The second-order valence-corrected chi connectivity index (χ2v) is 21.9. The van der Waals surface area contributed by atoms with Gasteiger partial charge in [-0.3, -0.25) is 44.3 Å². The molecule has 0 bridgehead atoms. The summed E-state index contributed by atoms with van der Waals surface area (Å²) in [6.45, 7) is 8.03. The van der Waals surface area contributed by atoms with E-state index in [1.807, 2.05) is 66.4 Å². The molecule has 0 saturated carbocycles. The van der Waals surface area contributed by atoms with Crippen LogP contribution in [0.25, 0.3) is 32.2 Å². The SMILES string of the molecule is Cc1c(OCCCN2CCN(CC(=O)Nc3ccc4c(C5CCC(=O)NC5=O)nn(C)c4c3)C[C@H]2C(F)(F)F)cccc1-c1ccc(N2CCc3cccc(C(=O)Nc4nc5ccccc5s4)c3C2)nc1C(=O)OC(C)(C)C. The quantitative estimate of drug-likeness (QED) is 0.0532. The third-order valence-electron chi connectivity index (χ3n) is 14.3. The monoisotopic (exact) mass is 1080 g/mol. The Morgan fingerprint density at radius 1 is 0.885 bits per heavy atom. The van der Waals surface area contributed by atoms with Gasteiger partial charge in [-0.1, -0.05) is 47.7 Å². The van der Waals surface area contributed by atoms with Gasteiger partial charge in [0.2, 0.25) is 17.7 Å². The fraction of sp³-hybridized carbons (Fsp3) is 0.368. The fourth-order valence-corrected chi connectivity index (χ4v) is 11.4. The fourth-order valence-electron chi connectivity index (χ4n) is 10.5. The van der Waals surface area contributed by atoms with Gasteiger partial charge in [-0.25, -0.2) is 14.8 Å². The molecule has 1 unspecified atom stereocenters. The van der Waals surface area contributed by atoms with Crippen LogP contribution in [0.3, 0.4) is 0 Å². The smallest absolute Gasteiger partial charge is 0.405 e. The number of piperidine rings is 1. The number of carbonyl (C=O) groups is 5. The Hall–Kier alpha value is -7.75. The first-order valence-electron chi connectivity index (χ1n) is 25.9. The Balaban J connectivity index is 0.775. The number of imide groups is 1. The predicted octanol–water partition coefficient (Wildman–Crippen LogP) is 8.80. The van der Waals surface area contributed by atoms with E-state index in [2.05, 4.69) is 26.0 Å². The van der Waals surface area contributed by atoms with E-state index < -0.39 is 48.1 Å². The number of amides is 4. The number of fused-ring (bicyclic) bond motifs is 3. The van der Waals surface area contributed by atoms with Crippen LogP contribution in [0.1, 0.15) is 89.2 Å². The van der Waals surface area contributed by atoms with Crippen LogP contribution in [-0.4, -0.2) is 123 Å². The summed E-state index contributed by atoms with van der Waals surface area (Å²) in [7, 11) is 1.71. The van der Waals surface area contributed by atoms with Gasteiger partial charge >= 0.3 is 12.1 Å². The molecule has 21 heteroatoms. The molecule has 4 amide bonds. The van der Waals surface area contributed by atoms with E-state index in [-0.39, 0.29) is 63.1 Å². The van der Waals surface area contributed by atoms with Gasteiger partial charge in [-0.2, -0.15) is 18.3 Å². The number of pyridine rings is 1. The number of nitrogens with one attached hydrogen (secondary N) is 3. The number of para-hydroxylation sites is 1. The van der Waals surface area contributed by atoms with Crippen molar-refractivity contribution in [3.05, 3.63) is 125 Å². The van der Waals surface area contributed by atoms with Gasteiger partial charge in [0.1, 0.15) is 23.2 Å². The number of anilines is 3. The lowest BCUT2D eigenvalue weighted by Gasteiger charge is -2.41. The lowest BCUT2D eigenvalue weighted by atomic mass is 9.93. The Labute approximate surface area is 452 Å². The molecule has 406 valence electrons. The number of nitrogens with zero attached hydrogens (tertiary/aromatic N) is 7. The third kappa shape index (κ3) is 11.7. The Bertz CT molecular complexity index is 3450. The van der Waals surface area contributed by atoms with Crippen molar-refractivity contribution in [2.24, 2.45) is 7.05 Å². The minimum atomic E-state index is -4.56. The molecule has 4 aromatic carbocycles. The first kappa shape index (κ1) is 53.6. The summed E-state index contributed by atoms with van der Waals surface area (Å²) in [6.07, 6.45) is -3.11. The largest absolute Gasteiger partial charge is 0.493 e. The summed E-state index contributed by atoms with van der Waals surface area (Å²) in [6, 6.07) is 25.8. The van der Waals surface area contributed by atoms with Gasteiger partial charge in [-0.15, -0.1) is 0 Å². The number of piperazine rings is 1. The first-order chi connectivity index (χ1) is 37.3. The van der Waals surface area contributed by atoms with Crippen molar-refractivity contribution >= 4 is 78.7 Å². The normalized spacial score (nSPS) is 17.5. The van der Waals surface area contributed by atoms with Gasteiger partial charge in [0, 0.05) is 74.9 Å². The first-order valence-corrected chi connectivity index (χ1v) is 26.7. The Morgan fingerprint density at radius 2 is 1.69 bits per heavy atom. The Morgan fingerprint density at radius 3 is 2.47 bits per heavy atom. The van der Waals surface area contributed by atoms with Gasteiger partial charge in [-0.05, 0) is 124 Å². The minimum absolute atomic E-state index is 0.0813. The standard InChI is InChI=1S/C57H59F3N10O7S/c1-33-36(37-19-21-47(63-51(37)54(75)77-56(2,3)4)70-25-23-34-11-8-13-38(41(34)30-70)52(73)65-55-62-42-14-6-7-16-45(42)78-55)12-9-15-44(33)76-28-10-24-69-27-26-68(31-46(69)57(58,59)60)32-49(72)61-35-17-18-39-43(29-35)67(5)66-50(39)40-20-22-48(71)64-53(40)74/h6-9,11-19,21,29,40,46H,10,20,22-28,30-32H2,1-5H3,(H,61,72)(H,62,65,73)(H,64,71,74)/t40?,46-/m0/s1. The van der Waals surface area contributed by atoms with Crippen molar-refractivity contribution < 1.29 is 46.6 Å². The van der Waals surface area contributed by atoms with Crippen molar-refractivity contribution in [2.45, 2.75) is 83.7 Å². The maximum Gasteiger partial charge on any atom is 0.405 e. The van der Waals surface area contributed by atoms with E-state index in [1.54, 1.807) is 68.9 Å². The number of rotatable bonds is 14. The average molecular weight is 1090 g/mol. The molecule has 17 nitrogen and oxygen atoms in total. The number of alkyl halides is 3. The molecule has 7 aromatic rings. The molecule has 3 aliphatic rings. The molecule has 2 saturated heterocycles. The molecule has 0 radical (unpaired) electrons.